The fraction of sp³-hybridized carbons (Fsp3) is 0.500. The molecule has 0 radical (unpaired) electrons. The lowest BCUT2D eigenvalue weighted by molar-refractivity contribution is 0.800. The zero-order valence-corrected chi connectivity index (χ0v) is 13.7. The van der Waals surface area contributed by atoms with E-state index in [-0.39, 0.29) is 0 Å². The Hall–Kier alpha value is -1.61. The number of rotatable bonds is 6. The van der Waals surface area contributed by atoms with Crippen LogP contribution in [0.25, 0.3) is 10.9 Å². The lowest BCUT2D eigenvalue weighted by Gasteiger charge is -2.24. The van der Waals surface area contributed by atoms with Crippen molar-refractivity contribution in [1.82, 2.24) is 4.98 Å². The summed E-state index contributed by atoms with van der Waals surface area (Å²) in [6, 6.07) is 6.75. The molecule has 0 atom stereocenters. The van der Waals surface area contributed by atoms with E-state index in [0.717, 1.165) is 43.8 Å². The Labute approximate surface area is 128 Å². The number of pyridine rings is 1. The average Bonchev–Trinajstić information content (AvgIpc) is 2.46. The molecular weight excluding hydrogens is 258 g/mol. The van der Waals surface area contributed by atoms with E-state index >= 15 is 0 Å². The van der Waals surface area contributed by atoms with Crippen molar-refractivity contribution in [3.8, 4) is 0 Å². The van der Waals surface area contributed by atoms with Crippen LogP contribution in [-0.2, 0) is 6.42 Å². The molecule has 3 heteroatoms. The van der Waals surface area contributed by atoms with Gasteiger partial charge >= 0.3 is 0 Å². The highest BCUT2D eigenvalue weighted by Crippen LogP contribution is 2.27. The van der Waals surface area contributed by atoms with Gasteiger partial charge in [0.1, 0.15) is 5.82 Å². The summed E-state index contributed by atoms with van der Waals surface area (Å²) in [5, 5.41) is 1.25. The second-order valence-corrected chi connectivity index (χ2v) is 5.69. The molecule has 0 amide bonds. The molecule has 0 aliphatic rings. The highest BCUT2D eigenvalue weighted by atomic mass is 15.2. The molecule has 1 aromatic carbocycles. The van der Waals surface area contributed by atoms with Crippen LogP contribution >= 0.6 is 0 Å². The van der Waals surface area contributed by atoms with Crippen LogP contribution in [0.1, 0.15) is 37.0 Å². The van der Waals surface area contributed by atoms with Gasteiger partial charge in [-0.25, -0.2) is 4.98 Å². The van der Waals surface area contributed by atoms with Crippen LogP contribution < -0.4 is 10.6 Å². The highest BCUT2D eigenvalue weighted by Gasteiger charge is 2.13. The van der Waals surface area contributed by atoms with E-state index in [1.807, 2.05) is 0 Å². The second-order valence-electron chi connectivity index (χ2n) is 5.69. The van der Waals surface area contributed by atoms with Gasteiger partial charge in [0, 0.05) is 18.5 Å². The number of hydrogen-bond donors (Lipinski definition) is 1. The molecule has 2 N–H and O–H groups in total. The first kappa shape index (κ1) is 15.8. The quantitative estimate of drug-likeness (QED) is 0.882. The third kappa shape index (κ3) is 3.35. The zero-order chi connectivity index (χ0) is 15.4. The third-order valence-corrected chi connectivity index (χ3v) is 4.02. The lowest BCUT2D eigenvalue weighted by Crippen LogP contribution is -2.24. The molecule has 2 aromatic rings. The first-order valence-corrected chi connectivity index (χ1v) is 7.96. The zero-order valence-electron chi connectivity index (χ0n) is 13.7. The maximum absolute atomic E-state index is 5.69. The van der Waals surface area contributed by atoms with Gasteiger partial charge in [-0.2, -0.15) is 0 Å². The van der Waals surface area contributed by atoms with E-state index in [2.05, 4.69) is 50.8 Å². The normalized spacial score (nSPS) is 11.1. The van der Waals surface area contributed by atoms with Crippen molar-refractivity contribution < 1.29 is 0 Å². The molecule has 0 aliphatic heterocycles. The molecule has 114 valence electrons. The summed E-state index contributed by atoms with van der Waals surface area (Å²) in [6.07, 6.45) is 2.00. The largest absolute Gasteiger partial charge is 0.357 e. The first-order chi connectivity index (χ1) is 10.1. The summed E-state index contributed by atoms with van der Waals surface area (Å²) < 4.78 is 0. The van der Waals surface area contributed by atoms with Crippen molar-refractivity contribution >= 4 is 16.7 Å². The molecule has 2 rings (SSSR count). The van der Waals surface area contributed by atoms with Gasteiger partial charge < -0.3 is 10.6 Å². The van der Waals surface area contributed by atoms with Gasteiger partial charge in [-0.3, -0.25) is 0 Å². The van der Waals surface area contributed by atoms with Crippen LogP contribution in [0.15, 0.2) is 18.2 Å². The van der Waals surface area contributed by atoms with E-state index < -0.39 is 0 Å². The van der Waals surface area contributed by atoms with Gasteiger partial charge in [0.2, 0.25) is 0 Å². The smallest absolute Gasteiger partial charge is 0.132 e. The van der Waals surface area contributed by atoms with E-state index in [1.165, 1.54) is 22.1 Å². The second kappa shape index (κ2) is 6.90. The maximum Gasteiger partial charge on any atom is 0.132 e. The van der Waals surface area contributed by atoms with Crippen LogP contribution in [0.3, 0.4) is 0 Å². The van der Waals surface area contributed by atoms with Crippen LogP contribution in [-0.4, -0.2) is 24.6 Å². The maximum atomic E-state index is 5.69. The third-order valence-electron chi connectivity index (χ3n) is 4.02. The summed E-state index contributed by atoms with van der Waals surface area (Å²) in [4.78, 5) is 7.33. The highest BCUT2D eigenvalue weighted by molar-refractivity contribution is 5.85. The molecule has 1 aromatic heterocycles. The van der Waals surface area contributed by atoms with E-state index in [0.29, 0.717) is 0 Å². The first-order valence-electron chi connectivity index (χ1n) is 7.96. The fourth-order valence-corrected chi connectivity index (χ4v) is 2.96. The van der Waals surface area contributed by atoms with Gasteiger partial charge in [-0.05, 0) is 70.3 Å². The minimum atomic E-state index is 0.725. The molecule has 0 aliphatic carbocycles. The molecule has 21 heavy (non-hydrogen) atoms. The minimum Gasteiger partial charge on any atom is -0.357 e. The van der Waals surface area contributed by atoms with Gasteiger partial charge in [0.05, 0.1) is 5.52 Å². The summed E-state index contributed by atoms with van der Waals surface area (Å²) in [5.41, 5.74) is 10.7. The number of aryl methyl sites for hydroxylation is 3. The van der Waals surface area contributed by atoms with Gasteiger partial charge in [0.15, 0.2) is 0 Å². The number of anilines is 1. The summed E-state index contributed by atoms with van der Waals surface area (Å²) in [7, 11) is 0. The SMILES string of the molecule is CCN(CC)c1nc2c(C)cc(C)cc2cc1CCCN. The van der Waals surface area contributed by atoms with Crippen molar-refractivity contribution in [2.45, 2.75) is 40.5 Å². The molecular formula is C18H27N3. The molecule has 1 heterocycles. The number of nitrogens with zero attached hydrogens (tertiary/aromatic N) is 2. The van der Waals surface area contributed by atoms with Crippen molar-refractivity contribution in [3.63, 3.8) is 0 Å². The number of fused-ring (bicyclic) bond motifs is 1. The predicted molar refractivity (Wildman–Crippen MR) is 92.2 cm³/mol. The molecule has 0 spiro atoms. The number of nitrogens with two attached hydrogens (primary N) is 1. The molecule has 0 bridgehead atoms. The van der Waals surface area contributed by atoms with E-state index in [1.54, 1.807) is 0 Å². The van der Waals surface area contributed by atoms with Crippen LogP contribution in [0, 0.1) is 13.8 Å². The minimum absolute atomic E-state index is 0.725. The monoisotopic (exact) mass is 285 g/mol. The molecule has 0 unspecified atom stereocenters. The van der Waals surface area contributed by atoms with Crippen molar-refractivity contribution in [3.05, 3.63) is 34.9 Å². The number of aromatic nitrogens is 1. The van der Waals surface area contributed by atoms with Crippen molar-refractivity contribution in [2.24, 2.45) is 5.73 Å². The van der Waals surface area contributed by atoms with Crippen LogP contribution in [0.2, 0.25) is 0 Å². The number of hydrogen-bond acceptors (Lipinski definition) is 3. The Bertz CT molecular complexity index is 615. The van der Waals surface area contributed by atoms with Gasteiger partial charge in [0.25, 0.3) is 0 Å². The number of benzene rings is 1. The Balaban J connectivity index is 2.62. The lowest BCUT2D eigenvalue weighted by atomic mass is 10.0. The molecule has 0 fully saturated rings. The van der Waals surface area contributed by atoms with E-state index in [9.17, 15) is 0 Å². The van der Waals surface area contributed by atoms with E-state index in [4.69, 9.17) is 10.7 Å². The Kier molecular flexibility index (Phi) is 5.18. The van der Waals surface area contributed by atoms with Crippen LogP contribution in [0.4, 0.5) is 5.82 Å². The van der Waals surface area contributed by atoms with Crippen molar-refractivity contribution in [2.75, 3.05) is 24.5 Å². The van der Waals surface area contributed by atoms with Gasteiger partial charge in [-0.15, -0.1) is 0 Å². The molecule has 3 nitrogen and oxygen atoms in total. The summed E-state index contributed by atoms with van der Waals surface area (Å²) >= 11 is 0. The van der Waals surface area contributed by atoms with Crippen LogP contribution in [0.5, 0.6) is 0 Å². The molecule has 0 saturated heterocycles. The Morgan fingerprint density at radius 3 is 2.43 bits per heavy atom. The average molecular weight is 285 g/mol. The Morgan fingerprint density at radius 2 is 1.81 bits per heavy atom. The summed E-state index contributed by atoms with van der Waals surface area (Å²) in [6.45, 7) is 11.3. The topological polar surface area (TPSA) is 42.2 Å². The van der Waals surface area contributed by atoms with Gasteiger partial charge in [-0.1, -0.05) is 11.6 Å². The van der Waals surface area contributed by atoms with Crippen molar-refractivity contribution in [1.29, 1.82) is 0 Å². The fourth-order valence-electron chi connectivity index (χ4n) is 2.96. The Morgan fingerprint density at radius 1 is 1.10 bits per heavy atom. The molecule has 0 saturated carbocycles. The summed E-state index contributed by atoms with van der Waals surface area (Å²) in [5.74, 6) is 1.13. The standard InChI is InChI=1S/C18H27N3/c1-5-21(6-2)18-15(8-7-9-19)12-16-11-13(3)10-14(4)17(16)20-18/h10-12H,5-9,19H2,1-4H3. The predicted octanol–water partition coefficient (Wildman–Crippen LogP) is 3.59.